The van der Waals surface area contributed by atoms with Crippen molar-refractivity contribution < 1.29 is 13.9 Å². The first-order valence-electron chi connectivity index (χ1n) is 11.0. The van der Waals surface area contributed by atoms with E-state index >= 15 is 0 Å². The molecular formula is C24H30FN5O2Si. The summed E-state index contributed by atoms with van der Waals surface area (Å²) in [5.41, 5.74) is 3.62. The standard InChI is InChI=1S/C24H30FN5O2Si/c1-31-19-7-5-18(6-8-19)15-30-22(13-25)21(14-28-30)23-20-9-10-29(24(20)27-16-26-23)17-32-11-12-33(2,3)4/h5-10,14,16H,11-13,15,17H2,1-4H3. The molecule has 0 radical (unpaired) electrons. The van der Waals surface area contributed by atoms with E-state index in [1.807, 2.05) is 41.1 Å². The van der Waals surface area contributed by atoms with Gasteiger partial charge in [0.15, 0.2) is 0 Å². The van der Waals surface area contributed by atoms with Crippen LogP contribution in [0.15, 0.2) is 49.1 Å². The Morgan fingerprint density at radius 2 is 1.85 bits per heavy atom. The molecule has 0 N–H and O–H groups in total. The van der Waals surface area contributed by atoms with Gasteiger partial charge in [0.25, 0.3) is 0 Å². The molecule has 7 nitrogen and oxygen atoms in total. The number of halogens is 1. The lowest BCUT2D eigenvalue weighted by atomic mass is 10.1. The van der Waals surface area contributed by atoms with E-state index in [-0.39, 0.29) is 0 Å². The van der Waals surface area contributed by atoms with Crippen molar-refractivity contribution in [1.29, 1.82) is 0 Å². The van der Waals surface area contributed by atoms with Crippen LogP contribution >= 0.6 is 0 Å². The van der Waals surface area contributed by atoms with Gasteiger partial charge in [-0.05, 0) is 29.8 Å². The maximum atomic E-state index is 14.1. The van der Waals surface area contributed by atoms with E-state index in [9.17, 15) is 4.39 Å². The summed E-state index contributed by atoms with van der Waals surface area (Å²) >= 11 is 0. The van der Waals surface area contributed by atoms with Crippen LogP contribution in [0.25, 0.3) is 22.3 Å². The molecule has 0 amide bonds. The largest absolute Gasteiger partial charge is 0.497 e. The van der Waals surface area contributed by atoms with E-state index in [4.69, 9.17) is 9.47 Å². The number of hydrogen-bond acceptors (Lipinski definition) is 5. The molecule has 1 aromatic carbocycles. The normalized spacial score (nSPS) is 11.9. The van der Waals surface area contributed by atoms with Crippen LogP contribution in [0.3, 0.4) is 0 Å². The van der Waals surface area contributed by atoms with Crippen LogP contribution in [-0.4, -0.2) is 46.1 Å². The van der Waals surface area contributed by atoms with Crippen molar-refractivity contribution in [3.8, 4) is 17.0 Å². The van der Waals surface area contributed by atoms with Gasteiger partial charge >= 0.3 is 0 Å². The molecule has 0 atom stereocenters. The molecular weight excluding hydrogens is 437 g/mol. The van der Waals surface area contributed by atoms with Crippen molar-refractivity contribution in [3.63, 3.8) is 0 Å². The first kappa shape index (κ1) is 23.1. The molecule has 9 heteroatoms. The van der Waals surface area contributed by atoms with Crippen molar-refractivity contribution in [2.45, 2.75) is 45.6 Å². The predicted molar refractivity (Wildman–Crippen MR) is 130 cm³/mol. The zero-order valence-corrected chi connectivity index (χ0v) is 20.6. The third-order valence-electron chi connectivity index (χ3n) is 5.60. The molecule has 3 aromatic heterocycles. The Kier molecular flexibility index (Phi) is 6.90. The summed E-state index contributed by atoms with van der Waals surface area (Å²) < 4.78 is 28.9. The lowest BCUT2D eigenvalue weighted by Gasteiger charge is -2.15. The Morgan fingerprint density at radius 1 is 1.06 bits per heavy atom. The number of rotatable bonds is 10. The summed E-state index contributed by atoms with van der Waals surface area (Å²) in [6, 6.07) is 10.7. The molecule has 0 bridgehead atoms. The molecule has 4 aromatic rings. The molecule has 0 spiro atoms. The van der Waals surface area contributed by atoms with Gasteiger partial charge in [0.2, 0.25) is 0 Å². The number of aromatic nitrogens is 5. The van der Waals surface area contributed by atoms with Gasteiger partial charge in [0.05, 0.1) is 31.2 Å². The Labute approximate surface area is 194 Å². The molecule has 0 saturated heterocycles. The summed E-state index contributed by atoms with van der Waals surface area (Å²) in [5.74, 6) is 0.781. The summed E-state index contributed by atoms with van der Waals surface area (Å²) in [7, 11) is 0.492. The first-order valence-corrected chi connectivity index (χ1v) is 14.7. The molecule has 174 valence electrons. The molecule has 33 heavy (non-hydrogen) atoms. The minimum Gasteiger partial charge on any atom is -0.497 e. The number of ether oxygens (including phenoxy) is 2. The Balaban J connectivity index is 1.58. The molecule has 0 aliphatic rings. The molecule has 3 heterocycles. The van der Waals surface area contributed by atoms with Crippen LogP contribution in [-0.2, 0) is 24.7 Å². The van der Waals surface area contributed by atoms with E-state index < -0.39 is 14.7 Å². The van der Waals surface area contributed by atoms with Gasteiger partial charge in [-0.3, -0.25) is 4.68 Å². The van der Waals surface area contributed by atoms with Crippen molar-refractivity contribution in [1.82, 2.24) is 24.3 Å². The Bertz CT molecular complexity index is 1210. The summed E-state index contributed by atoms with van der Waals surface area (Å²) in [5, 5.41) is 5.31. The van der Waals surface area contributed by atoms with Gasteiger partial charge in [-0.25, -0.2) is 14.4 Å². The van der Waals surface area contributed by atoms with Gasteiger partial charge in [0, 0.05) is 31.8 Å². The highest BCUT2D eigenvalue weighted by atomic mass is 28.3. The van der Waals surface area contributed by atoms with Crippen LogP contribution in [0.2, 0.25) is 25.7 Å². The minimum absolute atomic E-state index is 0.428. The number of benzene rings is 1. The monoisotopic (exact) mass is 467 g/mol. The predicted octanol–water partition coefficient (Wildman–Crippen LogP) is 5.13. The SMILES string of the molecule is COc1ccc(Cn2ncc(-c3ncnc4c3ccn4COCC[Si](C)(C)C)c2CF)cc1. The Hall–Kier alpha value is -3.04. The van der Waals surface area contributed by atoms with Crippen molar-refractivity contribution in [2.75, 3.05) is 13.7 Å². The third kappa shape index (κ3) is 5.31. The lowest BCUT2D eigenvalue weighted by Crippen LogP contribution is -2.22. The van der Waals surface area contributed by atoms with E-state index in [0.717, 1.165) is 35.0 Å². The highest BCUT2D eigenvalue weighted by Gasteiger charge is 2.18. The van der Waals surface area contributed by atoms with Crippen molar-refractivity contribution >= 4 is 19.1 Å². The van der Waals surface area contributed by atoms with Crippen LogP contribution < -0.4 is 4.74 Å². The van der Waals surface area contributed by atoms with Gasteiger partial charge in [-0.1, -0.05) is 31.8 Å². The molecule has 4 rings (SSSR count). The molecule has 0 aliphatic carbocycles. The molecule has 0 aliphatic heterocycles. The van der Waals surface area contributed by atoms with E-state index in [1.54, 1.807) is 18.0 Å². The minimum atomic E-state index is -1.14. The number of hydrogen-bond donors (Lipinski definition) is 0. The molecule has 0 saturated carbocycles. The van der Waals surface area contributed by atoms with Gasteiger partial charge in [-0.15, -0.1) is 0 Å². The second kappa shape index (κ2) is 9.84. The van der Waals surface area contributed by atoms with E-state index in [2.05, 4.69) is 34.7 Å². The summed E-state index contributed by atoms with van der Waals surface area (Å²) in [4.78, 5) is 8.92. The summed E-state index contributed by atoms with van der Waals surface area (Å²) in [6.07, 6.45) is 5.13. The average molecular weight is 468 g/mol. The van der Waals surface area contributed by atoms with Crippen molar-refractivity contribution in [3.05, 3.63) is 60.3 Å². The van der Waals surface area contributed by atoms with E-state index in [0.29, 0.717) is 30.2 Å². The maximum absolute atomic E-state index is 14.1. The summed E-state index contributed by atoms with van der Waals surface area (Å²) in [6.45, 7) is 7.98. The first-order chi connectivity index (χ1) is 15.9. The van der Waals surface area contributed by atoms with Crippen LogP contribution in [0.5, 0.6) is 5.75 Å². The fourth-order valence-corrected chi connectivity index (χ4v) is 4.41. The van der Waals surface area contributed by atoms with Crippen molar-refractivity contribution in [2.24, 2.45) is 0 Å². The van der Waals surface area contributed by atoms with Crippen LogP contribution in [0.4, 0.5) is 4.39 Å². The topological polar surface area (TPSA) is 67.0 Å². The molecule has 0 fully saturated rings. The number of fused-ring (bicyclic) bond motifs is 1. The van der Waals surface area contributed by atoms with Gasteiger partial charge in [0.1, 0.15) is 31.1 Å². The Morgan fingerprint density at radius 3 is 2.55 bits per heavy atom. The second-order valence-corrected chi connectivity index (χ2v) is 14.9. The average Bonchev–Trinajstić information content (AvgIpc) is 3.40. The number of nitrogens with zero attached hydrogens (tertiary/aromatic N) is 5. The number of alkyl halides is 1. The van der Waals surface area contributed by atoms with E-state index in [1.165, 1.54) is 6.33 Å². The van der Waals surface area contributed by atoms with Gasteiger partial charge in [-0.2, -0.15) is 5.10 Å². The fourth-order valence-electron chi connectivity index (χ4n) is 3.65. The highest BCUT2D eigenvalue weighted by Crippen LogP contribution is 2.30. The smallest absolute Gasteiger partial charge is 0.145 e. The fraction of sp³-hybridized carbons (Fsp3) is 0.375. The second-order valence-electron chi connectivity index (χ2n) is 9.24. The maximum Gasteiger partial charge on any atom is 0.145 e. The van der Waals surface area contributed by atoms with Crippen LogP contribution in [0.1, 0.15) is 11.3 Å². The lowest BCUT2D eigenvalue weighted by molar-refractivity contribution is 0.0899. The quantitative estimate of drug-likeness (QED) is 0.239. The zero-order chi connectivity index (χ0) is 23.4. The zero-order valence-electron chi connectivity index (χ0n) is 19.6. The van der Waals surface area contributed by atoms with Gasteiger partial charge < -0.3 is 14.0 Å². The molecule has 0 unspecified atom stereocenters. The highest BCUT2D eigenvalue weighted by molar-refractivity contribution is 6.76. The number of methoxy groups -OCH3 is 1. The third-order valence-corrected chi connectivity index (χ3v) is 7.31. The van der Waals surface area contributed by atoms with Crippen LogP contribution in [0, 0.1) is 0 Å².